The number of hydrogen-bond acceptors (Lipinski definition) is 6. The van der Waals surface area contributed by atoms with E-state index in [1.807, 2.05) is 0 Å². The summed E-state index contributed by atoms with van der Waals surface area (Å²) in [6.07, 6.45) is 1.02. The smallest absolute Gasteiger partial charge is 0.411 e. The molecule has 3 rings (SSSR count). The van der Waals surface area contributed by atoms with E-state index in [9.17, 15) is 32.5 Å². The van der Waals surface area contributed by atoms with Crippen molar-refractivity contribution in [3.63, 3.8) is 0 Å². The van der Waals surface area contributed by atoms with Gasteiger partial charge in [-0.2, -0.15) is 0 Å². The summed E-state index contributed by atoms with van der Waals surface area (Å²) in [6, 6.07) is 4.19. The van der Waals surface area contributed by atoms with Crippen molar-refractivity contribution in [2.75, 3.05) is 30.8 Å². The molecule has 2 saturated carbocycles. The lowest BCUT2D eigenvalue weighted by Gasteiger charge is -2.28. The molecule has 1 aromatic carbocycles. The molecule has 4 N–H and O–H groups in total. The number of methoxy groups -OCH3 is 1. The summed E-state index contributed by atoms with van der Waals surface area (Å²) in [6.45, 7) is 0.955. The number of carbonyl (C=O) groups is 1. The Balaban J connectivity index is 0.000000340. The third-order valence-electron chi connectivity index (χ3n) is 6.21. The van der Waals surface area contributed by atoms with Crippen molar-refractivity contribution in [2.45, 2.75) is 63.2 Å². The number of amides is 1. The second kappa shape index (κ2) is 12.2. The van der Waals surface area contributed by atoms with Crippen molar-refractivity contribution >= 4 is 23.2 Å². The molecule has 8 nitrogen and oxygen atoms in total. The fraction of sp³-hybridized carbons (Fsp3) is 0.682. The predicted octanol–water partition coefficient (Wildman–Crippen LogP) is 5.78. The van der Waals surface area contributed by atoms with Crippen LogP contribution in [0.25, 0.3) is 0 Å². The highest BCUT2D eigenvalue weighted by Crippen LogP contribution is 2.37. The summed E-state index contributed by atoms with van der Waals surface area (Å²) >= 11 is 0. The Labute approximate surface area is 195 Å². The Kier molecular flexibility index (Phi) is 9.90. The van der Waals surface area contributed by atoms with Gasteiger partial charge >= 0.3 is 6.09 Å². The molecule has 0 heterocycles. The van der Waals surface area contributed by atoms with E-state index in [4.69, 9.17) is 5.73 Å². The van der Waals surface area contributed by atoms with Crippen LogP contribution in [0.15, 0.2) is 18.2 Å². The van der Waals surface area contributed by atoms with E-state index in [0.29, 0.717) is 44.7 Å². The van der Waals surface area contributed by atoms with Crippen molar-refractivity contribution in [1.82, 2.24) is 0 Å². The van der Waals surface area contributed by atoms with E-state index >= 15 is 0 Å². The molecule has 0 atom stereocenters. The number of nitrogens with one attached hydrogen (secondary N) is 2. The zero-order chi connectivity index (χ0) is 25.4. The van der Waals surface area contributed by atoms with Gasteiger partial charge in [-0.05, 0) is 56.2 Å². The molecule has 0 aliphatic heterocycles. The van der Waals surface area contributed by atoms with Crippen molar-refractivity contribution in [1.29, 1.82) is 0 Å². The molecule has 192 valence electrons. The third kappa shape index (κ3) is 8.96. The first-order valence-electron chi connectivity index (χ1n) is 11.3. The maximum atomic E-state index is 13.1. The van der Waals surface area contributed by atoms with Gasteiger partial charge in [-0.25, -0.2) is 22.4 Å². The molecule has 0 saturated heterocycles. The van der Waals surface area contributed by atoms with E-state index in [1.165, 1.54) is 25.3 Å². The van der Waals surface area contributed by atoms with Gasteiger partial charge < -0.3 is 15.8 Å². The molecule has 1 amide bonds. The molecule has 2 fully saturated rings. The largest absolute Gasteiger partial charge is 0.453 e. The Morgan fingerprint density at radius 3 is 2.09 bits per heavy atom. The molecule has 0 bridgehead atoms. The van der Waals surface area contributed by atoms with Crippen LogP contribution in [-0.4, -0.2) is 43.1 Å². The number of benzene rings is 1. The van der Waals surface area contributed by atoms with Gasteiger partial charge in [-0.15, -0.1) is 0 Å². The van der Waals surface area contributed by atoms with Gasteiger partial charge in [-0.3, -0.25) is 15.4 Å². The number of nitro benzene ring substituents is 1. The fourth-order valence-corrected chi connectivity index (χ4v) is 3.97. The first-order chi connectivity index (χ1) is 15.9. The van der Waals surface area contributed by atoms with Gasteiger partial charge in [0.25, 0.3) is 5.69 Å². The van der Waals surface area contributed by atoms with Crippen molar-refractivity contribution in [3.8, 4) is 0 Å². The molecule has 12 heteroatoms. The monoisotopic (exact) mass is 492 g/mol. The fourth-order valence-electron chi connectivity index (χ4n) is 3.97. The molecule has 0 radical (unpaired) electrons. The van der Waals surface area contributed by atoms with Crippen LogP contribution in [0.4, 0.5) is 39.4 Å². The van der Waals surface area contributed by atoms with Crippen LogP contribution in [0.3, 0.4) is 0 Å². The number of alkyl halides is 4. The minimum absolute atomic E-state index is 0.0366. The lowest BCUT2D eigenvalue weighted by molar-refractivity contribution is -0.383. The van der Waals surface area contributed by atoms with Crippen LogP contribution in [0.5, 0.6) is 0 Å². The van der Waals surface area contributed by atoms with Gasteiger partial charge in [0.2, 0.25) is 11.8 Å². The molecular weight excluding hydrogens is 460 g/mol. The average molecular weight is 493 g/mol. The first kappa shape index (κ1) is 27.6. The first-order valence-corrected chi connectivity index (χ1v) is 11.3. The van der Waals surface area contributed by atoms with Gasteiger partial charge in [-0.1, -0.05) is 0 Å². The van der Waals surface area contributed by atoms with Crippen molar-refractivity contribution in [3.05, 3.63) is 28.3 Å². The molecule has 2 aliphatic rings. The highest BCUT2D eigenvalue weighted by atomic mass is 19.3. The maximum Gasteiger partial charge on any atom is 0.411 e. The summed E-state index contributed by atoms with van der Waals surface area (Å²) in [4.78, 5) is 21.8. The number of nitrogens with zero attached hydrogens (tertiary/aromatic N) is 1. The van der Waals surface area contributed by atoms with E-state index in [1.54, 1.807) is 0 Å². The molecule has 2 aliphatic carbocycles. The Morgan fingerprint density at radius 2 is 1.62 bits per heavy atom. The number of nitrogens with two attached hydrogens (primary N) is 1. The Hall–Kier alpha value is -2.63. The van der Waals surface area contributed by atoms with Crippen molar-refractivity contribution in [2.24, 2.45) is 17.6 Å². The third-order valence-corrected chi connectivity index (χ3v) is 6.21. The molecule has 1 aromatic rings. The molecule has 0 aromatic heterocycles. The number of hydrogen-bond donors (Lipinski definition) is 3. The number of anilines is 2. The Morgan fingerprint density at radius 1 is 1.09 bits per heavy atom. The zero-order valence-corrected chi connectivity index (χ0v) is 19.1. The highest BCUT2D eigenvalue weighted by molar-refractivity contribution is 5.86. The normalized spacial score (nSPS) is 19.9. The van der Waals surface area contributed by atoms with Crippen LogP contribution >= 0.6 is 0 Å². The summed E-state index contributed by atoms with van der Waals surface area (Å²) in [5.41, 5.74) is 5.66. The molecule has 34 heavy (non-hydrogen) atoms. The summed E-state index contributed by atoms with van der Waals surface area (Å²) in [5.74, 6) is -4.59. The second-order valence-corrected chi connectivity index (χ2v) is 8.82. The predicted molar refractivity (Wildman–Crippen MR) is 120 cm³/mol. The summed E-state index contributed by atoms with van der Waals surface area (Å²) in [5, 5.41) is 16.5. The summed E-state index contributed by atoms with van der Waals surface area (Å²) < 4.78 is 55.6. The van der Waals surface area contributed by atoms with Crippen LogP contribution in [0.2, 0.25) is 0 Å². The zero-order valence-electron chi connectivity index (χ0n) is 19.1. The Bertz CT molecular complexity index is 821. The van der Waals surface area contributed by atoms with Crippen LogP contribution in [0.1, 0.15) is 51.4 Å². The lowest BCUT2D eigenvalue weighted by atomic mass is 9.87. The number of nitro groups is 1. The van der Waals surface area contributed by atoms with Gasteiger partial charge in [0, 0.05) is 38.3 Å². The molecule has 0 spiro atoms. The molecular formula is C22H32F4N4O4. The SMILES string of the molecule is COC(=O)Nc1ccc(NCC2CCC(F)(F)CC2)c([N+](=O)[O-])c1.NCC1CCC(F)(F)CC1. The van der Waals surface area contributed by atoms with Gasteiger partial charge in [0.1, 0.15) is 5.69 Å². The van der Waals surface area contributed by atoms with Gasteiger partial charge in [0.15, 0.2) is 0 Å². The van der Waals surface area contributed by atoms with Crippen molar-refractivity contribution < 1.29 is 32.0 Å². The second-order valence-electron chi connectivity index (χ2n) is 8.82. The topological polar surface area (TPSA) is 120 Å². The molecule has 0 unspecified atom stereocenters. The van der Waals surface area contributed by atoms with Crippen LogP contribution in [0, 0.1) is 22.0 Å². The highest BCUT2D eigenvalue weighted by Gasteiger charge is 2.35. The van der Waals surface area contributed by atoms with Crippen LogP contribution in [-0.2, 0) is 4.74 Å². The lowest BCUT2D eigenvalue weighted by Crippen LogP contribution is -2.28. The number of ether oxygens (including phenoxy) is 1. The van der Waals surface area contributed by atoms with Crippen LogP contribution < -0.4 is 16.4 Å². The van der Waals surface area contributed by atoms with Gasteiger partial charge in [0.05, 0.1) is 17.7 Å². The standard InChI is InChI=1S/C15H19F2N3O4.C7H13F2N/c1-24-14(21)19-11-2-3-12(13(8-11)20(22)23)18-9-10-4-6-15(16,17)7-5-10;8-7(9)3-1-6(5-10)2-4-7/h2-3,8,10,18H,4-7,9H2,1H3,(H,19,21);6H,1-5,10H2. The maximum absolute atomic E-state index is 13.1. The average Bonchev–Trinajstić information content (AvgIpc) is 2.79. The number of halogens is 4. The number of carbonyl (C=O) groups excluding carboxylic acids is 1. The van der Waals surface area contributed by atoms with E-state index in [2.05, 4.69) is 15.4 Å². The quantitative estimate of drug-likeness (QED) is 0.263. The number of rotatable bonds is 6. The minimum Gasteiger partial charge on any atom is -0.453 e. The van der Waals surface area contributed by atoms with E-state index in [-0.39, 0.29) is 48.7 Å². The summed E-state index contributed by atoms with van der Waals surface area (Å²) in [7, 11) is 1.19. The van der Waals surface area contributed by atoms with E-state index < -0.39 is 22.9 Å². The van der Waals surface area contributed by atoms with E-state index in [0.717, 1.165) is 0 Å². The minimum atomic E-state index is -2.59.